The molecule has 1 aromatic carbocycles. The average Bonchev–Trinajstić information content (AvgIpc) is 3.23. The molecule has 0 saturated carbocycles. The van der Waals surface area contributed by atoms with Gasteiger partial charge in [0.25, 0.3) is 0 Å². The van der Waals surface area contributed by atoms with Crippen molar-refractivity contribution in [2.24, 2.45) is 17.8 Å². The fourth-order valence-electron chi connectivity index (χ4n) is 6.50. The molecule has 4 atom stereocenters. The van der Waals surface area contributed by atoms with Crippen molar-refractivity contribution in [1.82, 2.24) is 14.7 Å². The Morgan fingerprint density at radius 1 is 1.03 bits per heavy atom. The minimum Gasteiger partial charge on any atom is -0.493 e. The van der Waals surface area contributed by atoms with Crippen molar-refractivity contribution in [3.05, 3.63) is 23.8 Å². The maximum Gasteiger partial charge on any atom is 0.228 e. The zero-order valence-electron chi connectivity index (χ0n) is 20.2. The van der Waals surface area contributed by atoms with Gasteiger partial charge < -0.3 is 24.2 Å². The molecule has 0 aromatic heterocycles. The van der Waals surface area contributed by atoms with Gasteiger partial charge in [-0.1, -0.05) is 6.07 Å². The Labute approximate surface area is 201 Å². The highest BCUT2D eigenvalue weighted by molar-refractivity contribution is 5.89. The summed E-state index contributed by atoms with van der Waals surface area (Å²) in [5.74, 6) is 2.29. The predicted octanol–water partition coefficient (Wildman–Crippen LogP) is 1.95. The molecule has 4 aliphatic rings. The molecule has 4 fully saturated rings. The molecule has 8 nitrogen and oxygen atoms in total. The highest BCUT2D eigenvalue weighted by atomic mass is 16.5. The van der Waals surface area contributed by atoms with E-state index >= 15 is 0 Å². The first-order chi connectivity index (χ1) is 16.5. The van der Waals surface area contributed by atoms with E-state index in [4.69, 9.17) is 9.47 Å². The van der Waals surface area contributed by atoms with Crippen LogP contribution in [0.15, 0.2) is 18.2 Å². The third kappa shape index (κ3) is 4.34. The van der Waals surface area contributed by atoms with E-state index in [0.29, 0.717) is 62.2 Å². The van der Waals surface area contributed by atoms with E-state index in [1.54, 1.807) is 14.2 Å². The maximum atomic E-state index is 13.4. The Balaban J connectivity index is 1.18. The van der Waals surface area contributed by atoms with Gasteiger partial charge in [0.1, 0.15) is 0 Å². The number of ether oxygens (including phenoxy) is 2. The topological polar surface area (TPSA) is 79.4 Å². The minimum atomic E-state index is -0.263. The Bertz CT molecular complexity index is 966. The van der Waals surface area contributed by atoms with Crippen LogP contribution in [-0.4, -0.2) is 85.4 Å². The van der Waals surface area contributed by atoms with Crippen molar-refractivity contribution in [3.8, 4) is 11.5 Å². The summed E-state index contributed by atoms with van der Waals surface area (Å²) in [4.78, 5) is 44.4. The van der Waals surface area contributed by atoms with E-state index in [1.165, 1.54) is 0 Å². The number of rotatable bonds is 6. The molecule has 1 aromatic rings. The van der Waals surface area contributed by atoms with Crippen molar-refractivity contribution >= 4 is 17.7 Å². The van der Waals surface area contributed by atoms with E-state index in [9.17, 15) is 14.4 Å². The second kappa shape index (κ2) is 9.47. The van der Waals surface area contributed by atoms with E-state index in [2.05, 4.69) is 4.90 Å². The lowest BCUT2D eigenvalue weighted by atomic mass is 9.75. The SMILES string of the molecule is COc1ccc(CCN2CC(C(=O)N3C[C@H]4C[C@@H](C3)C3CCCC(=O)N3C4)CC2=O)cc1OC. The zero-order chi connectivity index (χ0) is 23.8. The lowest BCUT2D eigenvalue weighted by Crippen LogP contribution is -2.61. The van der Waals surface area contributed by atoms with Crippen LogP contribution in [-0.2, 0) is 20.8 Å². The molecule has 4 heterocycles. The second-order valence-corrected chi connectivity index (χ2v) is 10.3. The Kier molecular flexibility index (Phi) is 6.40. The van der Waals surface area contributed by atoms with Gasteiger partial charge in [0.2, 0.25) is 17.7 Å². The van der Waals surface area contributed by atoms with Crippen LogP contribution < -0.4 is 9.47 Å². The van der Waals surface area contributed by atoms with Gasteiger partial charge in [0, 0.05) is 51.6 Å². The van der Waals surface area contributed by atoms with E-state index in [0.717, 1.165) is 37.9 Å². The van der Waals surface area contributed by atoms with Gasteiger partial charge in [-0.3, -0.25) is 14.4 Å². The molecular weight excluding hydrogens is 434 g/mol. The van der Waals surface area contributed by atoms with Crippen LogP contribution in [0.1, 0.15) is 37.7 Å². The number of amides is 3. The molecule has 2 bridgehead atoms. The third-order valence-corrected chi connectivity index (χ3v) is 8.17. The van der Waals surface area contributed by atoms with Gasteiger partial charge >= 0.3 is 0 Å². The standard InChI is InChI=1S/C26H35N3O5/c1-33-22-7-6-17(11-23(22)34-2)8-9-27-16-20(12-25(27)31)26(32)28-13-18-10-19(15-28)21-4-3-5-24(30)29(21)14-18/h6-7,11,18-21H,3-5,8-10,12-16H2,1-2H3/t18-,19+,20?,21?/m1/s1. The predicted molar refractivity (Wildman–Crippen MR) is 125 cm³/mol. The second-order valence-electron chi connectivity index (χ2n) is 10.3. The average molecular weight is 470 g/mol. The van der Waals surface area contributed by atoms with Crippen LogP contribution in [0.2, 0.25) is 0 Å². The molecule has 3 amide bonds. The molecule has 4 aliphatic heterocycles. The zero-order valence-corrected chi connectivity index (χ0v) is 20.2. The first kappa shape index (κ1) is 23.0. The number of benzene rings is 1. The molecule has 34 heavy (non-hydrogen) atoms. The third-order valence-electron chi connectivity index (χ3n) is 8.17. The van der Waals surface area contributed by atoms with Gasteiger partial charge in [0.15, 0.2) is 11.5 Å². The highest BCUT2D eigenvalue weighted by Gasteiger charge is 2.46. The normalized spacial score (nSPS) is 28.7. The Morgan fingerprint density at radius 2 is 1.85 bits per heavy atom. The quantitative estimate of drug-likeness (QED) is 0.636. The molecule has 184 valence electrons. The summed E-state index contributed by atoms with van der Waals surface area (Å²) in [7, 11) is 3.22. The fourth-order valence-corrected chi connectivity index (χ4v) is 6.50. The monoisotopic (exact) mass is 469 g/mol. The first-order valence-corrected chi connectivity index (χ1v) is 12.5. The number of likely N-dealkylation sites (tertiary alicyclic amines) is 2. The maximum absolute atomic E-state index is 13.4. The van der Waals surface area contributed by atoms with E-state index < -0.39 is 0 Å². The van der Waals surface area contributed by atoms with Gasteiger partial charge in [-0.2, -0.15) is 0 Å². The van der Waals surface area contributed by atoms with Gasteiger partial charge in [-0.05, 0) is 55.2 Å². The largest absolute Gasteiger partial charge is 0.493 e. The summed E-state index contributed by atoms with van der Waals surface area (Å²) in [5.41, 5.74) is 1.07. The smallest absolute Gasteiger partial charge is 0.228 e. The summed E-state index contributed by atoms with van der Waals surface area (Å²) in [6, 6.07) is 6.08. The van der Waals surface area contributed by atoms with Crippen LogP contribution in [0.5, 0.6) is 11.5 Å². The number of carbonyl (C=O) groups excluding carboxylic acids is 3. The highest BCUT2D eigenvalue weighted by Crippen LogP contribution is 2.38. The van der Waals surface area contributed by atoms with Crippen LogP contribution in [0.3, 0.4) is 0 Å². The van der Waals surface area contributed by atoms with Gasteiger partial charge in [-0.25, -0.2) is 0 Å². The van der Waals surface area contributed by atoms with Crippen LogP contribution in [0, 0.1) is 17.8 Å². The van der Waals surface area contributed by atoms with E-state index in [-0.39, 0.29) is 29.7 Å². The van der Waals surface area contributed by atoms with Crippen molar-refractivity contribution < 1.29 is 23.9 Å². The molecule has 0 radical (unpaired) electrons. The van der Waals surface area contributed by atoms with Gasteiger partial charge in [0.05, 0.1) is 20.1 Å². The van der Waals surface area contributed by atoms with Crippen molar-refractivity contribution in [1.29, 1.82) is 0 Å². The van der Waals surface area contributed by atoms with Crippen LogP contribution >= 0.6 is 0 Å². The number of fused-ring (bicyclic) bond motifs is 4. The van der Waals surface area contributed by atoms with Crippen molar-refractivity contribution in [2.45, 2.75) is 44.6 Å². The molecule has 0 aliphatic carbocycles. The summed E-state index contributed by atoms with van der Waals surface area (Å²) >= 11 is 0. The molecule has 8 heteroatoms. The molecular formula is C26H35N3O5. The number of piperidine rings is 3. The Hall–Kier alpha value is -2.77. The molecule has 5 rings (SSSR count). The number of carbonyl (C=O) groups is 3. The summed E-state index contributed by atoms with van der Waals surface area (Å²) < 4.78 is 10.7. The number of methoxy groups -OCH3 is 2. The minimum absolute atomic E-state index is 0.0556. The van der Waals surface area contributed by atoms with Crippen molar-refractivity contribution in [2.75, 3.05) is 46.9 Å². The lowest BCUT2D eigenvalue weighted by molar-refractivity contribution is -0.150. The molecule has 0 spiro atoms. The molecule has 2 unspecified atom stereocenters. The van der Waals surface area contributed by atoms with E-state index in [1.807, 2.05) is 28.0 Å². The number of nitrogens with zero attached hydrogens (tertiary/aromatic N) is 3. The summed E-state index contributed by atoms with van der Waals surface area (Å²) in [6.07, 6.45) is 4.79. The van der Waals surface area contributed by atoms with Crippen LogP contribution in [0.4, 0.5) is 0 Å². The first-order valence-electron chi connectivity index (χ1n) is 12.5. The summed E-state index contributed by atoms with van der Waals surface area (Å²) in [5, 5.41) is 0. The fraction of sp³-hybridized carbons (Fsp3) is 0.654. The molecule has 4 saturated heterocycles. The Morgan fingerprint density at radius 3 is 2.65 bits per heavy atom. The molecule has 0 N–H and O–H groups in total. The van der Waals surface area contributed by atoms with Crippen LogP contribution in [0.25, 0.3) is 0 Å². The summed E-state index contributed by atoms with van der Waals surface area (Å²) in [6.45, 7) is 3.29. The number of hydrogen-bond acceptors (Lipinski definition) is 5. The number of hydrogen-bond donors (Lipinski definition) is 0. The van der Waals surface area contributed by atoms with Crippen molar-refractivity contribution in [3.63, 3.8) is 0 Å². The van der Waals surface area contributed by atoms with Gasteiger partial charge in [-0.15, -0.1) is 0 Å². The lowest BCUT2D eigenvalue weighted by Gasteiger charge is -2.52.